The first kappa shape index (κ1) is 24.5. The van der Waals surface area contributed by atoms with Crippen molar-refractivity contribution in [2.24, 2.45) is 50.2 Å². The predicted molar refractivity (Wildman–Crippen MR) is 133 cm³/mol. The molecule has 4 saturated carbocycles. The number of carbonyl (C=O) groups is 2. The summed E-state index contributed by atoms with van der Waals surface area (Å²) in [4.78, 5) is 25.7. The normalized spacial score (nSPS) is 51.3. The summed E-state index contributed by atoms with van der Waals surface area (Å²) in [5, 5.41) is 21.3. The average Bonchev–Trinajstić information content (AvgIpc) is 2.72. The molecule has 4 heteroatoms. The number of Topliss-reactive ketones (excluding diaryl/α,β-unsaturated/α-hetero) is 1. The Labute approximate surface area is 206 Å². The molecule has 5 aliphatic rings. The van der Waals surface area contributed by atoms with Gasteiger partial charge in [-0.3, -0.25) is 9.59 Å². The van der Waals surface area contributed by atoms with Gasteiger partial charge in [0.25, 0.3) is 0 Å². The highest BCUT2D eigenvalue weighted by molar-refractivity contribution is 5.92. The van der Waals surface area contributed by atoms with Gasteiger partial charge in [0, 0.05) is 11.8 Å². The molecule has 0 heterocycles. The molecule has 0 unspecified atom stereocenters. The lowest BCUT2D eigenvalue weighted by Gasteiger charge is -2.71. The maximum Gasteiger partial charge on any atom is 0.310 e. The molecule has 0 amide bonds. The van der Waals surface area contributed by atoms with E-state index in [9.17, 15) is 19.8 Å². The fourth-order valence-corrected chi connectivity index (χ4v) is 10.4. The van der Waals surface area contributed by atoms with Gasteiger partial charge in [-0.15, -0.1) is 0 Å². The van der Waals surface area contributed by atoms with Crippen LogP contribution in [0.15, 0.2) is 11.6 Å². The number of fused-ring (bicyclic) bond motifs is 7. The number of aliphatic hydroxyl groups excluding tert-OH is 1. The molecule has 34 heavy (non-hydrogen) atoms. The van der Waals surface area contributed by atoms with Gasteiger partial charge in [-0.25, -0.2) is 0 Å². The molecule has 190 valence electrons. The Morgan fingerprint density at radius 1 is 0.941 bits per heavy atom. The number of carbonyl (C=O) groups excluding carboxylic acids is 1. The van der Waals surface area contributed by atoms with Crippen molar-refractivity contribution in [1.82, 2.24) is 0 Å². The molecule has 5 rings (SSSR count). The molecule has 0 aliphatic heterocycles. The highest BCUT2D eigenvalue weighted by atomic mass is 16.4. The number of aliphatic hydroxyl groups is 1. The lowest BCUT2D eigenvalue weighted by atomic mass is 9.33. The van der Waals surface area contributed by atoms with Crippen molar-refractivity contribution in [2.45, 2.75) is 112 Å². The van der Waals surface area contributed by atoms with E-state index in [-0.39, 0.29) is 45.9 Å². The van der Waals surface area contributed by atoms with Crippen LogP contribution in [-0.2, 0) is 9.59 Å². The fourth-order valence-electron chi connectivity index (χ4n) is 10.4. The summed E-state index contributed by atoms with van der Waals surface area (Å²) in [5.41, 5.74) is 0.147. The van der Waals surface area contributed by atoms with E-state index in [1.54, 1.807) is 0 Å². The van der Waals surface area contributed by atoms with Crippen LogP contribution in [0.25, 0.3) is 0 Å². The van der Waals surface area contributed by atoms with Gasteiger partial charge in [0.1, 0.15) is 5.78 Å². The lowest BCUT2D eigenvalue weighted by molar-refractivity contribution is -0.205. The quantitative estimate of drug-likeness (QED) is 0.434. The Bertz CT molecular complexity index is 961. The summed E-state index contributed by atoms with van der Waals surface area (Å²) >= 11 is 0. The number of aliphatic carboxylic acids is 1. The summed E-state index contributed by atoms with van der Waals surface area (Å²) < 4.78 is 0. The second kappa shape index (κ2) is 6.99. The van der Waals surface area contributed by atoms with E-state index in [1.165, 1.54) is 5.57 Å². The number of allylic oxidation sites excluding steroid dienone is 2. The van der Waals surface area contributed by atoms with Gasteiger partial charge < -0.3 is 10.2 Å². The number of hydrogen-bond donors (Lipinski definition) is 2. The first-order valence-corrected chi connectivity index (χ1v) is 13.7. The van der Waals surface area contributed by atoms with Crippen LogP contribution in [0.3, 0.4) is 0 Å². The highest BCUT2D eigenvalue weighted by Crippen LogP contribution is 2.75. The minimum atomic E-state index is -0.931. The smallest absolute Gasteiger partial charge is 0.310 e. The number of ketones is 1. The Hall–Kier alpha value is -1.16. The van der Waals surface area contributed by atoms with Crippen molar-refractivity contribution in [3.63, 3.8) is 0 Å². The summed E-state index contributed by atoms with van der Waals surface area (Å²) in [6, 6.07) is 0. The molecule has 4 nitrogen and oxygen atoms in total. The van der Waals surface area contributed by atoms with Gasteiger partial charge >= 0.3 is 5.97 Å². The van der Waals surface area contributed by atoms with Crippen LogP contribution in [0.4, 0.5) is 0 Å². The van der Waals surface area contributed by atoms with Gasteiger partial charge in [-0.05, 0) is 90.8 Å². The minimum Gasteiger partial charge on any atom is -0.481 e. The zero-order valence-electron chi connectivity index (χ0n) is 22.5. The van der Waals surface area contributed by atoms with Crippen molar-refractivity contribution in [1.29, 1.82) is 0 Å². The van der Waals surface area contributed by atoms with E-state index in [0.717, 1.165) is 38.5 Å². The number of carboxylic acid groups (broad SMARTS) is 1. The predicted octanol–water partition coefficient (Wildman–Crippen LogP) is 6.41. The van der Waals surface area contributed by atoms with Crippen LogP contribution < -0.4 is 0 Å². The topological polar surface area (TPSA) is 74.6 Å². The van der Waals surface area contributed by atoms with E-state index < -0.39 is 16.8 Å². The number of rotatable bonds is 1. The molecule has 0 aromatic carbocycles. The number of carboxylic acids is 1. The second-order valence-electron chi connectivity index (χ2n) is 14.9. The van der Waals surface area contributed by atoms with Gasteiger partial charge in [0.15, 0.2) is 0 Å². The fraction of sp³-hybridized carbons (Fsp3) is 0.867. The van der Waals surface area contributed by atoms with Crippen LogP contribution >= 0.6 is 0 Å². The molecule has 0 bridgehead atoms. The van der Waals surface area contributed by atoms with Crippen LogP contribution in [0.1, 0.15) is 106 Å². The van der Waals surface area contributed by atoms with Crippen LogP contribution in [0, 0.1) is 50.2 Å². The molecular formula is C30H46O4. The highest BCUT2D eigenvalue weighted by Gasteiger charge is 2.69. The molecule has 2 N–H and O–H groups in total. The largest absolute Gasteiger partial charge is 0.481 e. The van der Waals surface area contributed by atoms with Crippen molar-refractivity contribution in [3.05, 3.63) is 11.6 Å². The maximum absolute atomic E-state index is 13.0. The standard InChI is InChI=1S/C30H46O4/c1-25(2)16-19-18-8-9-21-27(5)12-11-22(31)26(3,4)20(27)10-13-29(21,7)28(18,6)14-15-30(19,24(33)34)17-23(25)32/h8,19-22,31H,9-17H2,1-7H3,(H,33,34)/t19-,20-,21+,22+,27-,28+,29+,30+/m0/s1. The van der Waals surface area contributed by atoms with Crippen molar-refractivity contribution >= 4 is 11.8 Å². The second-order valence-corrected chi connectivity index (χ2v) is 14.9. The first-order chi connectivity index (χ1) is 15.6. The maximum atomic E-state index is 13.0. The Kier molecular flexibility index (Phi) is 5.04. The van der Waals surface area contributed by atoms with Gasteiger partial charge in [-0.2, -0.15) is 0 Å². The van der Waals surface area contributed by atoms with E-state index >= 15 is 0 Å². The molecule has 0 aromatic heterocycles. The van der Waals surface area contributed by atoms with E-state index in [2.05, 4.69) is 40.7 Å². The molecule has 0 spiro atoms. The van der Waals surface area contributed by atoms with Crippen LogP contribution in [0.5, 0.6) is 0 Å². The van der Waals surface area contributed by atoms with E-state index in [4.69, 9.17) is 0 Å². The minimum absolute atomic E-state index is 0.0375. The van der Waals surface area contributed by atoms with Crippen molar-refractivity contribution < 1.29 is 19.8 Å². The third-order valence-electron chi connectivity index (χ3n) is 13.0. The van der Waals surface area contributed by atoms with Gasteiger partial charge in [0.05, 0.1) is 11.5 Å². The summed E-state index contributed by atoms with van der Waals surface area (Å²) in [7, 11) is 0. The molecule has 0 aromatic rings. The Morgan fingerprint density at radius 2 is 1.62 bits per heavy atom. The van der Waals surface area contributed by atoms with Crippen LogP contribution in [-0.4, -0.2) is 28.1 Å². The molecular weight excluding hydrogens is 424 g/mol. The van der Waals surface area contributed by atoms with Crippen LogP contribution in [0.2, 0.25) is 0 Å². The van der Waals surface area contributed by atoms with E-state index in [0.29, 0.717) is 24.7 Å². The molecule has 4 fully saturated rings. The van der Waals surface area contributed by atoms with Crippen molar-refractivity contribution in [2.75, 3.05) is 0 Å². The summed E-state index contributed by atoms with van der Waals surface area (Å²) in [6.07, 6.45) is 9.74. The monoisotopic (exact) mass is 470 g/mol. The summed E-state index contributed by atoms with van der Waals surface area (Å²) in [6.45, 7) is 16.0. The van der Waals surface area contributed by atoms with Gasteiger partial charge in [-0.1, -0.05) is 60.1 Å². The zero-order valence-corrected chi connectivity index (χ0v) is 22.5. The third-order valence-corrected chi connectivity index (χ3v) is 13.0. The average molecular weight is 471 g/mol. The van der Waals surface area contributed by atoms with Crippen molar-refractivity contribution in [3.8, 4) is 0 Å². The molecule has 8 atom stereocenters. The number of hydrogen-bond acceptors (Lipinski definition) is 3. The molecule has 5 aliphatic carbocycles. The zero-order chi connectivity index (χ0) is 25.1. The SMILES string of the molecule is CC1(C)C[C@H]2C3=CC[C@@H]4[C@@]5(C)CC[C@@H](O)C(C)(C)[C@@H]5CC[C@@]4(C)[C@]3(C)CC[C@@]2(C(=O)O)CC1=O. The Balaban J connectivity index is 1.61. The van der Waals surface area contributed by atoms with Gasteiger partial charge in [0.2, 0.25) is 0 Å². The van der Waals surface area contributed by atoms with E-state index in [1.807, 2.05) is 13.8 Å². The third kappa shape index (κ3) is 2.75. The summed E-state index contributed by atoms with van der Waals surface area (Å²) in [5.74, 6) is 0.342. The molecule has 0 saturated heterocycles. The lowest BCUT2D eigenvalue weighted by Crippen LogP contribution is -2.65. The molecule has 0 radical (unpaired) electrons. The first-order valence-electron chi connectivity index (χ1n) is 13.7. The Morgan fingerprint density at radius 3 is 2.26 bits per heavy atom.